The van der Waals surface area contributed by atoms with Crippen molar-refractivity contribution in [3.8, 4) is 0 Å². The normalized spacial score (nSPS) is 10.5. The molecule has 0 fully saturated rings. The van der Waals surface area contributed by atoms with E-state index < -0.39 is 0 Å². The van der Waals surface area contributed by atoms with Crippen LogP contribution >= 0.6 is 15.9 Å². The Morgan fingerprint density at radius 2 is 2.17 bits per heavy atom. The molecular formula is C8H13BrN2O. The highest BCUT2D eigenvalue weighted by molar-refractivity contribution is 9.09. The van der Waals surface area contributed by atoms with Gasteiger partial charge in [0.15, 0.2) is 0 Å². The van der Waals surface area contributed by atoms with Crippen molar-refractivity contribution in [2.45, 2.75) is 19.4 Å². The summed E-state index contributed by atoms with van der Waals surface area (Å²) in [5.41, 5.74) is 0.0737. The summed E-state index contributed by atoms with van der Waals surface area (Å²) in [6.45, 7) is 0.825. The summed E-state index contributed by atoms with van der Waals surface area (Å²) in [6.07, 6.45) is 5.78. The van der Waals surface area contributed by atoms with Gasteiger partial charge in [-0.1, -0.05) is 15.9 Å². The Hall–Kier alpha value is -0.510. The van der Waals surface area contributed by atoms with E-state index in [-0.39, 0.29) is 5.69 Å². The quantitative estimate of drug-likeness (QED) is 0.569. The van der Waals surface area contributed by atoms with E-state index in [0.717, 1.165) is 24.7 Å². The van der Waals surface area contributed by atoms with Crippen LogP contribution in [0.5, 0.6) is 0 Å². The Kier molecular flexibility index (Phi) is 3.59. The van der Waals surface area contributed by atoms with E-state index in [1.54, 1.807) is 22.4 Å². The van der Waals surface area contributed by atoms with Crippen molar-refractivity contribution < 1.29 is 0 Å². The van der Waals surface area contributed by atoms with Gasteiger partial charge in [-0.05, 0) is 12.8 Å². The van der Waals surface area contributed by atoms with Crippen LogP contribution in [-0.2, 0) is 13.6 Å². The van der Waals surface area contributed by atoms with Gasteiger partial charge in [-0.15, -0.1) is 0 Å². The third kappa shape index (κ3) is 2.24. The number of unbranched alkanes of at least 4 members (excludes halogenated alkanes) is 1. The molecule has 0 atom stereocenters. The van der Waals surface area contributed by atoms with Gasteiger partial charge in [0.25, 0.3) is 0 Å². The van der Waals surface area contributed by atoms with Gasteiger partial charge in [0.05, 0.1) is 0 Å². The fraction of sp³-hybridized carbons (Fsp3) is 0.625. The lowest BCUT2D eigenvalue weighted by molar-refractivity contribution is 0.605. The third-order valence-corrected chi connectivity index (χ3v) is 2.36. The molecule has 0 aliphatic carbocycles. The van der Waals surface area contributed by atoms with Crippen molar-refractivity contribution in [2.75, 3.05) is 5.33 Å². The molecule has 0 spiro atoms. The predicted octanol–water partition coefficient (Wildman–Crippen LogP) is 1.36. The molecule has 0 N–H and O–H groups in total. The zero-order valence-corrected chi connectivity index (χ0v) is 8.75. The second-order valence-electron chi connectivity index (χ2n) is 2.78. The van der Waals surface area contributed by atoms with Crippen LogP contribution < -0.4 is 5.69 Å². The Labute approximate surface area is 80.1 Å². The van der Waals surface area contributed by atoms with E-state index in [2.05, 4.69) is 15.9 Å². The standard InChI is InChI=1S/C8H13BrN2O/c1-10-6-7-11(8(10)12)5-3-2-4-9/h6-7H,2-5H2,1H3. The highest BCUT2D eigenvalue weighted by Gasteiger charge is 1.97. The Bertz CT molecular complexity index is 289. The van der Waals surface area contributed by atoms with E-state index >= 15 is 0 Å². The van der Waals surface area contributed by atoms with Gasteiger partial charge in [-0.3, -0.25) is 4.57 Å². The maximum Gasteiger partial charge on any atom is 0.327 e. The van der Waals surface area contributed by atoms with Crippen molar-refractivity contribution in [2.24, 2.45) is 7.05 Å². The van der Waals surface area contributed by atoms with Crippen LogP contribution in [0.4, 0.5) is 0 Å². The van der Waals surface area contributed by atoms with Crippen molar-refractivity contribution in [3.05, 3.63) is 22.9 Å². The third-order valence-electron chi connectivity index (χ3n) is 1.80. The van der Waals surface area contributed by atoms with Gasteiger partial charge < -0.3 is 4.57 Å². The Morgan fingerprint density at radius 3 is 2.67 bits per heavy atom. The molecule has 1 heterocycles. The second kappa shape index (κ2) is 4.50. The van der Waals surface area contributed by atoms with E-state index in [1.807, 2.05) is 6.20 Å². The number of hydrogen-bond donors (Lipinski definition) is 0. The first-order chi connectivity index (χ1) is 5.75. The summed E-state index contributed by atoms with van der Waals surface area (Å²) in [6, 6.07) is 0. The van der Waals surface area contributed by atoms with E-state index in [9.17, 15) is 4.79 Å². The largest absolute Gasteiger partial charge is 0.327 e. The second-order valence-corrected chi connectivity index (χ2v) is 3.57. The molecule has 0 saturated heterocycles. The minimum absolute atomic E-state index is 0.0737. The maximum absolute atomic E-state index is 11.3. The molecule has 12 heavy (non-hydrogen) atoms. The van der Waals surface area contributed by atoms with Crippen LogP contribution in [0.1, 0.15) is 12.8 Å². The number of imidazole rings is 1. The first-order valence-electron chi connectivity index (χ1n) is 4.03. The van der Waals surface area contributed by atoms with Crippen molar-refractivity contribution in [3.63, 3.8) is 0 Å². The summed E-state index contributed by atoms with van der Waals surface area (Å²) in [5.74, 6) is 0. The molecule has 0 aliphatic rings. The molecule has 0 radical (unpaired) electrons. The van der Waals surface area contributed by atoms with Crippen LogP contribution in [-0.4, -0.2) is 14.5 Å². The fourth-order valence-electron chi connectivity index (χ4n) is 1.06. The van der Waals surface area contributed by atoms with Crippen LogP contribution in [0.25, 0.3) is 0 Å². The van der Waals surface area contributed by atoms with Crippen molar-refractivity contribution in [1.82, 2.24) is 9.13 Å². The molecule has 1 rings (SSSR count). The SMILES string of the molecule is Cn1ccn(CCCCBr)c1=O. The first-order valence-corrected chi connectivity index (χ1v) is 5.15. The predicted molar refractivity (Wildman–Crippen MR) is 52.7 cm³/mol. The van der Waals surface area contributed by atoms with E-state index in [0.29, 0.717) is 0 Å². The number of alkyl halides is 1. The van der Waals surface area contributed by atoms with Gasteiger partial charge >= 0.3 is 5.69 Å². The van der Waals surface area contributed by atoms with Crippen LogP contribution in [0, 0.1) is 0 Å². The molecule has 1 aromatic heterocycles. The van der Waals surface area contributed by atoms with Crippen LogP contribution in [0.15, 0.2) is 17.2 Å². The minimum Gasteiger partial charge on any atom is -0.302 e. The highest BCUT2D eigenvalue weighted by atomic mass is 79.9. The summed E-state index contributed by atoms with van der Waals surface area (Å²) in [5, 5.41) is 1.01. The fourth-order valence-corrected chi connectivity index (χ4v) is 1.45. The molecule has 0 saturated carbocycles. The van der Waals surface area contributed by atoms with Gasteiger partial charge in [0, 0.05) is 31.3 Å². The lowest BCUT2D eigenvalue weighted by Gasteiger charge is -1.98. The summed E-state index contributed by atoms with van der Waals surface area (Å²) in [4.78, 5) is 11.3. The molecular weight excluding hydrogens is 220 g/mol. The molecule has 3 nitrogen and oxygen atoms in total. The number of hydrogen-bond acceptors (Lipinski definition) is 1. The molecule has 4 heteroatoms. The summed E-state index contributed by atoms with van der Waals surface area (Å²) in [7, 11) is 1.77. The number of aromatic nitrogens is 2. The topological polar surface area (TPSA) is 26.9 Å². The number of halogens is 1. The molecule has 0 aliphatic heterocycles. The van der Waals surface area contributed by atoms with Gasteiger partial charge in [-0.2, -0.15) is 0 Å². The lowest BCUT2D eigenvalue weighted by Crippen LogP contribution is -2.21. The highest BCUT2D eigenvalue weighted by Crippen LogP contribution is 1.96. The molecule has 1 aromatic rings. The zero-order valence-electron chi connectivity index (χ0n) is 7.16. The number of nitrogens with zero attached hydrogens (tertiary/aromatic N) is 2. The Morgan fingerprint density at radius 1 is 1.42 bits per heavy atom. The number of rotatable bonds is 4. The number of aryl methyl sites for hydroxylation is 2. The van der Waals surface area contributed by atoms with E-state index in [4.69, 9.17) is 0 Å². The summed E-state index contributed by atoms with van der Waals surface area (Å²) < 4.78 is 3.33. The van der Waals surface area contributed by atoms with Gasteiger partial charge in [-0.25, -0.2) is 4.79 Å². The monoisotopic (exact) mass is 232 g/mol. The molecule has 68 valence electrons. The maximum atomic E-state index is 11.3. The zero-order chi connectivity index (χ0) is 8.97. The Balaban J connectivity index is 2.52. The average molecular weight is 233 g/mol. The molecule has 0 amide bonds. The summed E-state index contributed by atoms with van der Waals surface area (Å²) >= 11 is 3.35. The molecule has 0 unspecified atom stereocenters. The smallest absolute Gasteiger partial charge is 0.302 e. The first kappa shape index (κ1) is 9.58. The van der Waals surface area contributed by atoms with Crippen LogP contribution in [0.3, 0.4) is 0 Å². The van der Waals surface area contributed by atoms with E-state index in [1.165, 1.54) is 0 Å². The lowest BCUT2D eigenvalue weighted by atomic mass is 10.3. The minimum atomic E-state index is 0.0737. The van der Waals surface area contributed by atoms with Crippen molar-refractivity contribution in [1.29, 1.82) is 0 Å². The molecule has 0 aromatic carbocycles. The van der Waals surface area contributed by atoms with Crippen molar-refractivity contribution >= 4 is 15.9 Å². The molecule has 0 bridgehead atoms. The average Bonchev–Trinajstić information content (AvgIpc) is 2.36. The van der Waals surface area contributed by atoms with Gasteiger partial charge in [0.2, 0.25) is 0 Å². The van der Waals surface area contributed by atoms with Crippen LogP contribution in [0.2, 0.25) is 0 Å². The van der Waals surface area contributed by atoms with Gasteiger partial charge in [0.1, 0.15) is 0 Å².